The zero-order chi connectivity index (χ0) is 13.9. The number of carbonyl (C=O) groups is 1. The molecule has 5 heteroatoms. The number of benzene rings is 1. The molecule has 4 nitrogen and oxygen atoms in total. The standard InChI is InChI=1S/C14H19NO3S/c1-10-14(17,7-8-18-10)9-15-13(16)11-3-5-12(19-2)6-4-11/h3-6,10,17H,7-9H2,1-2H3,(H,15,16). The van der Waals surface area contributed by atoms with E-state index in [-0.39, 0.29) is 18.6 Å². The molecule has 2 unspecified atom stereocenters. The third-order valence-electron chi connectivity index (χ3n) is 3.57. The van der Waals surface area contributed by atoms with Gasteiger partial charge in [-0.05, 0) is 37.4 Å². The lowest BCUT2D eigenvalue weighted by molar-refractivity contribution is -0.0251. The highest BCUT2D eigenvalue weighted by atomic mass is 32.2. The molecule has 0 aromatic heterocycles. The Morgan fingerprint density at radius 2 is 2.21 bits per heavy atom. The zero-order valence-electron chi connectivity index (χ0n) is 11.2. The summed E-state index contributed by atoms with van der Waals surface area (Å²) in [5.41, 5.74) is -0.345. The van der Waals surface area contributed by atoms with E-state index in [9.17, 15) is 9.90 Å². The van der Waals surface area contributed by atoms with Gasteiger partial charge < -0.3 is 15.2 Å². The quantitative estimate of drug-likeness (QED) is 0.824. The lowest BCUT2D eigenvalue weighted by Gasteiger charge is -2.26. The van der Waals surface area contributed by atoms with Crippen molar-refractivity contribution in [2.75, 3.05) is 19.4 Å². The summed E-state index contributed by atoms with van der Waals surface area (Å²) >= 11 is 1.63. The molecule has 2 rings (SSSR count). The Kier molecular flexibility index (Phi) is 4.50. The molecule has 1 amide bonds. The molecule has 104 valence electrons. The summed E-state index contributed by atoms with van der Waals surface area (Å²) in [5, 5.41) is 13.1. The molecular weight excluding hydrogens is 262 g/mol. The molecular formula is C14H19NO3S. The van der Waals surface area contributed by atoms with Crippen molar-refractivity contribution < 1.29 is 14.6 Å². The number of rotatable bonds is 4. The van der Waals surface area contributed by atoms with E-state index in [1.807, 2.05) is 25.3 Å². The van der Waals surface area contributed by atoms with Gasteiger partial charge in [0.15, 0.2) is 0 Å². The minimum Gasteiger partial charge on any atom is -0.385 e. The third-order valence-corrected chi connectivity index (χ3v) is 4.31. The van der Waals surface area contributed by atoms with Crippen LogP contribution in [0.4, 0.5) is 0 Å². The van der Waals surface area contributed by atoms with Crippen LogP contribution in [0.5, 0.6) is 0 Å². The maximum Gasteiger partial charge on any atom is 0.251 e. The van der Waals surface area contributed by atoms with Crippen molar-refractivity contribution in [2.45, 2.75) is 29.9 Å². The fraction of sp³-hybridized carbons (Fsp3) is 0.500. The molecule has 2 N–H and O–H groups in total. The Morgan fingerprint density at radius 1 is 1.53 bits per heavy atom. The Balaban J connectivity index is 1.93. The molecule has 1 aliphatic heterocycles. The first-order chi connectivity index (χ1) is 9.05. The van der Waals surface area contributed by atoms with Crippen LogP contribution in [0.15, 0.2) is 29.2 Å². The van der Waals surface area contributed by atoms with Crippen LogP contribution in [0.2, 0.25) is 0 Å². The fourth-order valence-corrected chi connectivity index (χ4v) is 2.49. The second kappa shape index (κ2) is 5.94. The molecule has 1 saturated heterocycles. The Labute approximate surface area is 117 Å². The van der Waals surface area contributed by atoms with Crippen molar-refractivity contribution in [1.29, 1.82) is 0 Å². The van der Waals surface area contributed by atoms with Gasteiger partial charge in [0.05, 0.1) is 6.10 Å². The van der Waals surface area contributed by atoms with E-state index >= 15 is 0 Å². The minimum absolute atomic E-state index is 0.167. The number of thioether (sulfide) groups is 1. The number of amides is 1. The van der Waals surface area contributed by atoms with E-state index in [4.69, 9.17) is 4.74 Å². The maximum atomic E-state index is 12.0. The van der Waals surface area contributed by atoms with Gasteiger partial charge in [0.2, 0.25) is 0 Å². The van der Waals surface area contributed by atoms with Crippen molar-refractivity contribution in [1.82, 2.24) is 5.32 Å². The van der Waals surface area contributed by atoms with Gasteiger partial charge in [-0.3, -0.25) is 4.79 Å². The van der Waals surface area contributed by atoms with Crippen LogP contribution in [0.25, 0.3) is 0 Å². The van der Waals surface area contributed by atoms with Crippen molar-refractivity contribution in [2.24, 2.45) is 0 Å². The van der Waals surface area contributed by atoms with E-state index in [1.54, 1.807) is 23.9 Å². The van der Waals surface area contributed by atoms with Gasteiger partial charge in [-0.15, -0.1) is 11.8 Å². The summed E-state index contributed by atoms with van der Waals surface area (Å²) in [6.07, 6.45) is 2.30. The van der Waals surface area contributed by atoms with Crippen LogP contribution >= 0.6 is 11.8 Å². The monoisotopic (exact) mass is 281 g/mol. The number of hydrogen-bond donors (Lipinski definition) is 2. The van der Waals surface area contributed by atoms with Crippen LogP contribution < -0.4 is 5.32 Å². The van der Waals surface area contributed by atoms with Crippen LogP contribution in [0, 0.1) is 0 Å². The molecule has 0 radical (unpaired) electrons. The topological polar surface area (TPSA) is 58.6 Å². The highest BCUT2D eigenvalue weighted by Gasteiger charge is 2.39. The third kappa shape index (κ3) is 3.29. The van der Waals surface area contributed by atoms with E-state index in [1.165, 1.54) is 0 Å². The van der Waals surface area contributed by atoms with E-state index < -0.39 is 5.60 Å². The average molecular weight is 281 g/mol. The fourth-order valence-electron chi connectivity index (χ4n) is 2.08. The van der Waals surface area contributed by atoms with Crippen molar-refractivity contribution >= 4 is 17.7 Å². The van der Waals surface area contributed by atoms with Gasteiger partial charge in [0, 0.05) is 30.0 Å². The van der Waals surface area contributed by atoms with Gasteiger partial charge in [-0.25, -0.2) is 0 Å². The predicted molar refractivity (Wildman–Crippen MR) is 75.5 cm³/mol. The second-order valence-corrected chi connectivity index (χ2v) is 5.66. The van der Waals surface area contributed by atoms with E-state index in [2.05, 4.69) is 5.32 Å². The maximum absolute atomic E-state index is 12.0. The van der Waals surface area contributed by atoms with Crippen LogP contribution in [-0.4, -0.2) is 42.1 Å². The molecule has 19 heavy (non-hydrogen) atoms. The Bertz CT molecular complexity index is 449. The van der Waals surface area contributed by atoms with Gasteiger partial charge in [0.1, 0.15) is 5.60 Å². The number of hydrogen-bond acceptors (Lipinski definition) is 4. The van der Waals surface area contributed by atoms with Crippen molar-refractivity contribution in [3.8, 4) is 0 Å². The highest BCUT2D eigenvalue weighted by molar-refractivity contribution is 7.98. The Morgan fingerprint density at radius 3 is 2.74 bits per heavy atom. The first-order valence-corrected chi connectivity index (χ1v) is 7.54. The molecule has 0 bridgehead atoms. The van der Waals surface area contributed by atoms with E-state index in [0.717, 1.165) is 4.90 Å². The van der Waals surface area contributed by atoms with Gasteiger partial charge in [-0.1, -0.05) is 0 Å². The molecule has 0 aliphatic carbocycles. The molecule has 1 aliphatic rings. The number of ether oxygens (including phenoxy) is 1. The summed E-state index contributed by atoms with van der Waals surface area (Å²) in [6.45, 7) is 2.58. The molecule has 0 spiro atoms. The van der Waals surface area contributed by atoms with Crippen molar-refractivity contribution in [3.63, 3.8) is 0 Å². The van der Waals surface area contributed by atoms with Gasteiger partial charge in [-0.2, -0.15) is 0 Å². The summed E-state index contributed by atoms with van der Waals surface area (Å²) < 4.78 is 5.33. The van der Waals surface area contributed by atoms with Crippen molar-refractivity contribution in [3.05, 3.63) is 29.8 Å². The van der Waals surface area contributed by atoms with Gasteiger partial charge in [0.25, 0.3) is 5.91 Å². The number of carbonyl (C=O) groups excluding carboxylic acids is 1. The van der Waals surface area contributed by atoms with Crippen LogP contribution in [0.3, 0.4) is 0 Å². The normalized spacial score (nSPS) is 26.4. The van der Waals surface area contributed by atoms with Crippen LogP contribution in [0.1, 0.15) is 23.7 Å². The predicted octanol–water partition coefficient (Wildman–Crippen LogP) is 1.68. The average Bonchev–Trinajstić information content (AvgIpc) is 2.77. The molecule has 2 atom stereocenters. The summed E-state index contributed by atoms with van der Waals surface area (Å²) in [4.78, 5) is 13.1. The molecule has 1 aromatic carbocycles. The molecule has 1 heterocycles. The smallest absolute Gasteiger partial charge is 0.251 e. The van der Waals surface area contributed by atoms with E-state index in [0.29, 0.717) is 18.6 Å². The summed E-state index contributed by atoms with van der Waals surface area (Å²) in [6, 6.07) is 7.41. The largest absolute Gasteiger partial charge is 0.385 e. The first kappa shape index (κ1) is 14.4. The zero-order valence-corrected chi connectivity index (χ0v) is 12.0. The van der Waals surface area contributed by atoms with Gasteiger partial charge >= 0.3 is 0 Å². The lowest BCUT2D eigenvalue weighted by atomic mass is 9.96. The SMILES string of the molecule is CSc1ccc(C(=O)NCC2(O)CCOC2C)cc1. The molecule has 1 fully saturated rings. The second-order valence-electron chi connectivity index (χ2n) is 4.78. The first-order valence-electron chi connectivity index (χ1n) is 6.31. The lowest BCUT2D eigenvalue weighted by Crippen LogP contribution is -2.47. The highest BCUT2D eigenvalue weighted by Crippen LogP contribution is 2.24. The molecule has 1 aromatic rings. The minimum atomic E-state index is -0.950. The summed E-state index contributed by atoms with van der Waals surface area (Å²) in [5.74, 6) is -0.167. The summed E-state index contributed by atoms with van der Waals surface area (Å²) in [7, 11) is 0. The Hall–Kier alpha value is -1.04. The van der Waals surface area contributed by atoms with Crippen LogP contribution in [-0.2, 0) is 4.74 Å². The number of aliphatic hydroxyl groups is 1. The number of nitrogens with one attached hydrogen (secondary N) is 1. The molecule has 0 saturated carbocycles.